The molecule has 0 spiro atoms. The lowest BCUT2D eigenvalue weighted by atomic mass is 9.90. The van der Waals surface area contributed by atoms with Crippen LogP contribution in [0.3, 0.4) is 0 Å². The minimum Gasteiger partial charge on any atom is -0.329 e. The van der Waals surface area contributed by atoms with Gasteiger partial charge in [-0.15, -0.1) is 0 Å². The molecule has 4 amide bonds. The number of aromatic nitrogens is 1. The first-order valence-corrected chi connectivity index (χ1v) is 13.3. The van der Waals surface area contributed by atoms with E-state index in [1.54, 1.807) is 6.07 Å². The molecule has 49 heavy (non-hydrogen) atoms. The van der Waals surface area contributed by atoms with Crippen LogP contribution in [-0.4, -0.2) is 99.0 Å². The Kier molecular flexibility index (Phi) is 7.49. The Bertz CT molecular complexity index is 1810. The molecule has 0 saturated carbocycles. The van der Waals surface area contributed by atoms with Crippen LogP contribution in [0.25, 0.3) is 10.8 Å². The maximum Gasteiger partial charge on any atom is 0.460 e. The van der Waals surface area contributed by atoms with Crippen molar-refractivity contribution >= 4 is 34.3 Å². The molecular formula is C26H14F15N5O3. The Morgan fingerprint density at radius 1 is 0.816 bits per heavy atom. The maximum absolute atomic E-state index is 14.9. The molecule has 0 radical (unpaired) electrons. The number of piperazine rings is 1. The lowest BCUT2D eigenvalue weighted by Gasteiger charge is -2.42. The fourth-order valence-electron chi connectivity index (χ4n) is 6.21. The monoisotopic (exact) mass is 729 g/mol. The number of anilines is 1. The van der Waals surface area contributed by atoms with Crippen LogP contribution in [-0.2, 0) is 9.59 Å². The summed E-state index contributed by atoms with van der Waals surface area (Å²) in [5.74, 6) is -55.2. The van der Waals surface area contributed by atoms with Crippen molar-refractivity contribution in [1.82, 2.24) is 14.8 Å². The van der Waals surface area contributed by atoms with E-state index in [1.807, 2.05) is 0 Å². The number of urea groups is 1. The zero-order chi connectivity index (χ0) is 37.2. The standard InChI is InChI=1S/C26H14F15N5O3/c1-9-14-8-44(18(48)20(27,28)21(29,30)22(31,32)23(33,34)24(35,36)25(37,38)26(39,40)41)15(9)16-17(47)46(19(49)45(14)16)13-7-43-12(6-42)10-4-2-3-5-11(10)13/h2-5,7,9,14-16H,8H2,1H3/t9-,14?,15?,16-/m0/s1. The average molecular weight is 729 g/mol. The van der Waals surface area contributed by atoms with Crippen molar-refractivity contribution in [3.05, 3.63) is 36.2 Å². The number of carbonyl (C=O) groups excluding carboxylic acids is 3. The Morgan fingerprint density at radius 3 is 1.86 bits per heavy atom. The zero-order valence-corrected chi connectivity index (χ0v) is 23.5. The molecule has 2 aromatic rings. The molecule has 1 aromatic carbocycles. The number of pyridine rings is 1. The maximum atomic E-state index is 14.9. The second-order valence-corrected chi connectivity index (χ2v) is 11.3. The highest BCUT2D eigenvalue weighted by Crippen LogP contribution is 2.63. The predicted octanol–water partition coefficient (Wildman–Crippen LogP) is 5.85. The third kappa shape index (κ3) is 4.20. The van der Waals surface area contributed by atoms with E-state index in [4.69, 9.17) is 0 Å². The molecule has 3 fully saturated rings. The van der Waals surface area contributed by atoms with E-state index >= 15 is 0 Å². The summed E-state index contributed by atoms with van der Waals surface area (Å²) in [7, 11) is 0. The normalized spacial score (nSPS) is 23.9. The highest BCUT2D eigenvalue weighted by molar-refractivity contribution is 6.25. The molecule has 3 saturated heterocycles. The van der Waals surface area contributed by atoms with E-state index in [0.29, 0.717) is 9.80 Å². The van der Waals surface area contributed by atoms with E-state index in [0.717, 1.165) is 13.1 Å². The lowest BCUT2D eigenvalue weighted by Crippen LogP contribution is -2.74. The minimum atomic E-state index is -8.58. The van der Waals surface area contributed by atoms with Crippen LogP contribution in [0.5, 0.6) is 0 Å². The second-order valence-electron chi connectivity index (χ2n) is 11.3. The number of rotatable bonds is 7. The second kappa shape index (κ2) is 10.3. The van der Waals surface area contributed by atoms with Gasteiger partial charge in [0.1, 0.15) is 17.8 Å². The van der Waals surface area contributed by atoms with Crippen LogP contribution in [0.4, 0.5) is 76.3 Å². The molecule has 1 aromatic heterocycles. The smallest absolute Gasteiger partial charge is 0.329 e. The molecule has 266 valence electrons. The number of hydrogen-bond acceptors (Lipinski definition) is 5. The predicted molar refractivity (Wildman–Crippen MR) is 129 cm³/mol. The third-order valence-corrected chi connectivity index (χ3v) is 8.73. The van der Waals surface area contributed by atoms with Crippen LogP contribution < -0.4 is 4.90 Å². The number of alkyl halides is 15. The van der Waals surface area contributed by atoms with Gasteiger partial charge in [0, 0.05) is 23.2 Å². The first kappa shape index (κ1) is 35.8. The van der Waals surface area contributed by atoms with Crippen LogP contribution in [0.15, 0.2) is 30.5 Å². The summed E-state index contributed by atoms with van der Waals surface area (Å²) in [5.41, 5.74) is -0.464. The molecule has 4 atom stereocenters. The van der Waals surface area contributed by atoms with Gasteiger partial charge in [-0.3, -0.25) is 9.59 Å². The van der Waals surface area contributed by atoms with Gasteiger partial charge in [-0.25, -0.2) is 14.7 Å². The number of likely N-dealkylation sites (tertiary alicyclic amines) is 1. The van der Waals surface area contributed by atoms with Crippen LogP contribution in [0.1, 0.15) is 12.6 Å². The van der Waals surface area contributed by atoms with Gasteiger partial charge in [-0.1, -0.05) is 31.2 Å². The fraction of sp³-hybridized carbons (Fsp3) is 0.500. The number of carbonyl (C=O) groups is 3. The van der Waals surface area contributed by atoms with Crippen molar-refractivity contribution < 1.29 is 80.2 Å². The molecule has 4 heterocycles. The molecule has 8 nitrogen and oxygen atoms in total. The van der Waals surface area contributed by atoms with Gasteiger partial charge in [0.15, 0.2) is 0 Å². The molecule has 0 aliphatic carbocycles. The number of imide groups is 1. The summed E-state index contributed by atoms with van der Waals surface area (Å²) in [6.45, 7) is -0.195. The van der Waals surface area contributed by atoms with Gasteiger partial charge in [0.05, 0.1) is 24.0 Å². The SMILES string of the molecule is C[C@@H]1C2[C@H]3C(=O)N(c4cnc(C#N)c5ccccc45)C(=O)N3C1CN2C(=O)C(F)(F)C(F)(F)C(F)(F)C(F)(F)C(F)(F)C(F)(F)C(F)(F)F. The number of nitriles is 1. The number of benzene rings is 1. The average Bonchev–Trinajstić information content (AvgIpc) is 3.58. The van der Waals surface area contributed by atoms with E-state index < -0.39 is 95.0 Å². The van der Waals surface area contributed by atoms with E-state index in [1.165, 1.54) is 24.3 Å². The number of halogens is 15. The summed E-state index contributed by atoms with van der Waals surface area (Å²) in [6, 6.07) is 0.470. The highest BCUT2D eigenvalue weighted by atomic mass is 19.4. The fourth-order valence-corrected chi connectivity index (χ4v) is 6.21. The van der Waals surface area contributed by atoms with Gasteiger partial charge in [-0.2, -0.15) is 71.1 Å². The van der Waals surface area contributed by atoms with E-state index in [2.05, 4.69) is 4.98 Å². The minimum absolute atomic E-state index is 0.0625. The third-order valence-electron chi connectivity index (χ3n) is 8.73. The van der Waals surface area contributed by atoms with Gasteiger partial charge in [0.25, 0.3) is 11.8 Å². The van der Waals surface area contributed by atoms with Crippen molar-refractivity contribution in [2.24, 2.45) is 5.92 Å². The summed E-state index contributed by atoms with van der Waals surface area (Å²) >= 11 is 0. The van der Waals surface area contributed by atoms with Gasteiger partial charge >= 0.3 is 47.7 Å². The van der Waals surface area contributed by atoms with Crippen molar-refractivity contribution in [3.63, 3.8) is 0 Å². The topological polar surface area (TPSA) is 97.6 Å². The zero-order valence-electron chi connectivity index (χ0n) is 23.5. The molecule has 5 rings (SSSR count). The Morgan fingerprint density at radius 2 is 1.33 bits per heavy atom. The first-order chi connectivity index (χ1) is 22.2. The summed E-state index contributed by atoms with van der Waals surface area (Å²) in [4.78, 5) is 44.3. The van der Waals surface area contributed by atoms with Crippen molar-refractivity contribution in [2.45, 2.75) is 66.8 Å². The number of hydrogen-bond donors (Lipinski definition) is 0. The summed E-state index contributed by atoms with van der Waals surface area (Å²) in [6.07, 6.45) is -6.89. The molecule has 3 aliphatic heterocycles. The Balaban J connectivity index is 1.50. The summed E-state index contributed by atoms with van der Waals surface area (Å²) < 4.78 is 206. The first-order valence-electron chi connectivity index (χ1n) is 13.3. The molecular weight excluding hydrogens is 715 g/mol. The van der Waals surface area contributed by atoms with Crippen LogP contribution in [0, 0.1) is 17.2 Å². The van der Waals surface area contributed by atoms with Crippen molar-refractivity contribution in [2.75, 3.05) is 11.4 Å². The highest BCUT2D eigenvalue weighted by Gasteiger charge is 2.94. The molecule has 0 N–H and O–H groups in total. The molecule has 2 bridgehead atoms. The van der Waals surface area contributed by atoms with E-state index in [-0.39, 0.29) is 22.2 Å². The molecule has 23 heteroatoms. The van der Waals surface area contributed by atoms with Gasteiger partial charge < -0.3 is 9.80 Å². The number of fused-ring (bicyclic) bond motifs is 6. The quantitative estimate of drug-likeness (QED) is 0.264. The van der Waals surface area contributed by atoms with Crippen LogP contribution >= 0.6 is 0 Å². The van der Waals surface area contributed by atoms with Crippen LogP contribution in [0.2, 0.25) is 0 Å². The van der Waals surface area contributed by atoms with E-state index in [9.17, 15) is 85.5 Å². The van der Waals surface area contributed by atoms with Gasteiger partial charge in [-0.05, 0) is 0 Å². The lowest BCUT2D eigenvalue weighted by molar-refractivity contribution is -0.450. The number of nitrogens with zero attached hydrogens (tertiary/aromatic N) is 5. The van der Waals surface area contributed by atoms with Gasteiger partial charge in [0.2, 0.25) is 0 Å². The summed E-state index contributed by atoms with van der Waals surface area (Å²) in [5, 5.41) is 9.49. The van der Waals surface area contributed by atoms with Crippen molar-refractivity contribution in [1.29, 1.82) is 5.26 Å². The Hall–Kier alpha value is -4.52. The van der Waals surface area contributed by atoms with Crippen molar-refractivity contribution in [3.8, 4) is 6.07 Å². The molecule has 2 unspecified atom stereocenters. The molecule has 3 aliphatic rings. The largest absolute Gasteiger partial charge is 0.460 e. The Labute approximate surface area is 261 Å². The number of amides is 4.